The predicted molar refractivity (Wildman–Crippen MR) is 197 cm³/mol. The van der Waals surface area contributed by atoms with Crippen LogP contribution in [0.5, 0.6) is 5.75 Å². The lowest BCUT2D eigenvalue weighted by atomic mass is 10.1. The van der Waals surface area contributed by atoms with Crippen LogP contribution in [0.25, 0.3) is 21.1 Å². The van der Waals surface area contributed by atoms with Gasteiger partial charge < -0.3 is 28.8 Å². The molecule has 3 heterocycles. The summed E-state index contributed by atoms with van der Waals surface area (Å²) in [5, 5.41) is 6.17. The van der Waals surface area contributed by atoms with Gasteiger partial charge in [0.1, 0.15) is 12.4 Å². The van der Waals surface area contributed by atoms with Crippen LogP contribution in [0, 0.1) is 0 Å². The first-order chi connectivity index (χ1) is 24.9. The Kier molecular flexibility index (Phi) is 13.4. The lowest BCUT2D eigenvalue weighted by molar-refractivity contribution is -0.132. The molecular weight excluding hydrogens is 713 g/mol. The van der Waals surface area contributed by atoms with Crippen LogP contribution in [0.15, 0.2) is 82.2 Å². The number of ether oxygens (including phenoxy) is 4. The van der Waals surface area contributed by atoms with Gasteiger partial charge in [-0.25, -0.2) is 4.98 Å². The number of nitrogens with one attached hydrogen (secondary N) is 2. The third kappa shape index (κ3) is 10.5. The van der Waals surface area contributed by atoms with Crippen molar-refractivity contribution in [1.82, 2.24) is 15.3 Å². The van der Waals surface area contributed by atoms with Gasteiger partial charge in [-0.3, -0.25) is 24.1 Å². The smallest absolute Gasteiger partial charge is 0.240 e. The second-order valence-electron chi connectivity index (χ2n) is 11.6. The third-order valence-electron chi connectivity index (χ3n) is 7.97. The number of hydrogen-bond donors (Lipinski definition) is 2. The first-order valence-corrected chi connectivity index (χ1v) is 19.3. The Bertz CT molecular complexity index is 1970. The highest BCUT2D eigenvalue weighted by Crippen LogP contribution is 2.33. The summed E-state index contributed by atoms with van der Waals surface area (Å²) in [7, 11) is 0. The van der Waals surface area contributed by atoms with Gasteiger partial charge >= 0.3 is 0 Å². The fourth-order valence-corrected chi connectivity index (χ4v) is 7.59. The summed E-state index contributed by atoms with van der Waals surface area (Å²) in [5.41, 5.74) is 6.02. The number of carbonyl (C=O) groups is 2. The second-order valence-corrected chi connectivity index (χ2v) is 14.6. The maximum atomic E-state index is 12.1. The Morgan fingerprint density at radius 2 is 1.67 bits per heavy atom. The second kappa shape index (κ2) is 18.5. The number of benzene rings is 3. The standard InChI is InChI=1S/C36H38N4O8S3/c41-35-10-9-33(36(42)40-35)50-26-6-3-24(4-7-26)2-1-13-45-14-15-46-16-17-47-18-19-48-31-22-29-27(21-34(31)51(43)44)28(11-12-37-29)39-25-5-8-32-30(20-25)38-23-49-32/h3-8,11-12,20-23,33H,1-2,9-10,13-19H2,(H,37,39)(H,43,44)(H,40,41,42)/p-1. The number of imide groups is 1. The normalized spacial score (nSPS) is 15.3. The number of fused-ring (bicyclic) bond motifs is 2. The van der Waals surface area contributed by atoms with Crippen LogP contribution < -0.4 is 15.4 Å². The van der Waals surface area contributed by atoms with Crippen molar-refractivity contribution in [2.45, 2.75) is 40.7 Å². The molecule has 1 aliphatic rings. The number of hydrogen-bond acceptors (Lipinski definition) is 13. The van der Waals surface area contributed by atoms with Crippen molar-refractivity contribution in [2.75, 3.05) is 51.6 Å². The van der Waals surface area contributed by atoms with Gasteiger partial charge in [-0.15, -0.1) is 23.1 Å². The van der Waals surface area contributed by atoms with Gasteiger partial charge in [-0.1, -0.05) is 12.1 Å². The number of anilines is 2. The Hall–Kier alpha value is -3.96. The SMILES string of the molecule is O=C1CCC(Sc2ccc(CCCOCCOCCOCCOc3cc4nccc(Nc5ccc6scnc6c5)c4cc3S(=O)[O-])cc2)C(=O)N1. The molecule has 1 fully saturated rings. The number of aromatic nitrogens is 2. The van der Waals surface area contributed by atoms with E-state index < -0.39 is 11.1 Å². The van der Waals surface area contributed by atoms with Crippen LogP contribution in [0.1, 0.15) is 24.8 Å². The maximum Gasteiger partial charge on any atom is 0.240 e. The Labute approximate surface area is 305 Å². The number of amides is 2. The molecule has 2 N–H and O–H groups in total. The molecule has 2 atom stereocenters. The molecule has 0 saturated carbocycles. The van der Waals surface area contributed by atoms with Gasteiger partial charge in [0.25, 0.3) is 0 Å². The summed E-state index contributed by atoms with van der Waals surface area (Å²) in [6.45, 7) is 2.72. The molecule has 5 aromatic rings. The minimum Gasteiger partial charge on any atom is -0.768 e. The highest BCUT2D eigenvalue weighted by Gasteiger charge is 2.27. The Balaban J connectivity index is 0.836. The van der Waals surface area contributed by atoms with Gasteiger partial charge in [0.05, 0.1) is 64.4 Å². The van der Waals surface area contributed by atoms with E-state index in [0.29, 0.717) is 62.5 Å². The van der Waals surface area contributed by atoms with Crippen molar-refractivity contribution in [3.05, 3.63) is 77.9 Å². The molecule has 15 heteroatoms. The van der Waals surface area contributed by atoms with Crippen molar-refractivity contribution in [2.24, 2.45) is 0 Å². The zero-order valence-corrected chi connectivity index (χ0v) is 30.1. The van der Waals surface area contributed by atoms with Gasteiger partial charge in [0.15, 0.2) is 0 Å². The molecule has 0 radical (unpaired) electrons. The van der Waals surface area contributed by atoms with E-state index in [1.54, 1.807) is 41.2 Å². The molecule has 268 valence electrons. The zero-order chi connectivity index (χ0) is 35.4. The predicted octanol–water partition coefficient (Wildman–Crippen LogP) is 5.78. The highest BCUT2D eigenvalue weighted by molar-refractivity contribution is 8.00. The minimum atomic E-state index is -2.53. The monoisotopic (exact) mass is 749 g/mol. The van der Waals surface area contributed by atoms with Crippen molar-refractivity contribution < 1.29 is 37.3 Å². The number of nitrogens with zero attached hydrogens (tertiary/aromatic N) is 2. The fraction of sp³-hybridized carbons (Fsp3) is 0.333. The topological polar surface area (TPSA) is 161 Å². The molecule has 0 spiro atoms. The molecule has 2 amide bonds. The summed E-state index contributed by atoms with van der Waals surface area (Å²) in [4.78, 5) is 33.1. The summed E-state index contributed by atoms with van der Waals surface area (Å²) < 4.78 is 48.0. The molecule has 3 aromatic carbocycles. The van der Waals surface area contributed by atoms with Crippen molar-refractivity contribution >= 4 is 78.5 Å². The van der Waals surface area contributed by atoms with Crippen LogP contribution in [0.2, 0.25) is 0 Å². The van der Waals surface area contributed by atoms with Crippen LogP contribution in [-0.2, 0) is 41.3 Å². The van der Waals surface area contributed by atoms with E-state index in [2.05, 4.69) is 32.7 Å². The molecule has 0 aliphatic carbocycles. The number of thiazole rings is 1. The first-order valence-electron chi connectivity index (χ1n) is 16.5. The van der Waals surface area contributed by atoms with E-state index in [1.165, 1.54) is 17.3 Å². The number of thioether (sulfide) groups is 1. The Morgan fingerprint density at radius 3 is 2.43 bits per heavy atom. The molecule has 1 aliphatic heterocycles. The van der Waals surface area contributed by atoms with E-state index >= 15 is 0 Å². The van der Waals surface area contributed by atoms with Gasteiger partial charge in [-0.2, -0.15) is 0 Å². The largest absolute Gasteiger partial charge is 0.768 e. The summed E-state index contributed by atoms with van der Waals surface area (Å²) in [6.07, 6.45) is 4.36. The summed E-state index contributed by atoms with van der Waals surface area (Å²) in [6, 6.07) is 19.0. The quantitative estimate of drug-likeness (QED) is 0.0596. The van der Waals surface area contributed by atoms with Crippen LogP contribution in [-0.4, -0.2) is 82.0 Å². The lowest BCUT2D eigenvalue weighted by Gasteiger charge is -2.20. The number of piperidine rings is 1. The molecule has 2 unspecified atom stereocenters. The molecule has 12 nitrogen and oxygen atoms in total. The minimum absolute atomic E-state index is 0.0378. The van der Waals surface area contributed by atoms with Crippen LogP contribution in [0.3, 0.4) is 0 Å². The fourth-order valence-electron chi connectivity index (χ4n) is 5.41. The van der Waals surface area contributed by atoms with Crippen molar-refractivity contribution in [3.8, 4) is 5.75 Å². The third-order valence-corrected chi connectivity index (χ3v) is 10.7. The summed E-state index contributed by atoms with van der Waals surface area (Å²) in [5.74, 6) is -0.201. The maximum absolute atomic E-state index is 12.1. The molecule has 1 saturated heterocycles. The molecule has 51 heavy (non-hydrogen) atoms. The van der Waals surface area contributed by atoms with E-state index in [4.69, 9.17) is 18.9 Å². The number of pyridine rings is 1. The molecule has 2 aromatic heterocycles. The van der Waals surface area contributed by atoms with Gasteiger partial charge in [0.2, 0.25) is 11.8 Å². The van der Waals surface area contributed by atoms with Crippen LogP contribution >= 0.6 is 23.1 Å². The first kappa shape index (κ1) is 36.8. The van der Waals surface area contributed by atoms with Crippen molar-refractivity contribution in [1.29, 1.82) is 0 Å². The molecule has 0 bridgehead atoms. The number of aryl methyl sites for hydroxylation is 1. The van der Waals surface area contributed by atoms with Crippen LogP contribution in [0.4, 0.5) is 11.4 Å². The molecule has 6 rings (SSSR count). The van der Waals surface area contributed by atoms with E-state index in [-0.39, 0.29) is 40.9 Å². The number of rotatable bonds is 19. The highest BCUT2D eigenvalue weighted by atomic mass is 32.2. The van der Waals surface area contributed by atoms with Crippen molar-refractivity contribution in [3.63, 3.8) is 0 Å². The molecular formula is C36H37N4O8S3-. The van der Waals surface area contributed by atoms with Gasteiger partial charge in [-0.05, 0) is 78.4 Å². The van der Waals surface area contributed by atoms with Gasteiger partial charge in [0, 0.05) is 46.9 Å². The number of carbonyl (C=O) groups excluding carboxylic acids is 2. The zero-order valence-electron chi connectivity index (χ0n) is 27.7. The lowest BCUT2D eigenvalue weighted by Crippen LogP contribution is -2.42. The van der Waals surface area contributed by atoms with E-state index in [9.17, 15) is 18.4 Å². The summed E-state index contributed by atoms with van der Waals surface area (Å²) >= 11 is 0.530. The Morgan fingerprint density at radius 1 is 0.902 bits per heavy atom. The van der Waals surface area contributed by atoms with E-state index in [1.807, 2.05) is 30.3 Å². The average molecular weight is 750 g/mol. The average Bonchev–Trinajstić information content (AvgIpc) is 3.60. The van der Waals surface area contributed by atoms with E-state index in [0.717, 1.165) is 33.6 Å².